The number of aromatic nitrogens is 2. The second kappa shape index (κ2) is 9.75. The molecule has 1 aromatic carbocycles. The number of piperidine rings is 1. The van der Waals surface area contributed by atoms with Crippen molar-refractivity contribution in [3.63, 3.8) is 0 Å². The standard InChI is InChI=1S/C23H26ClN5O2S/c1-15-21(26-16(2)30)23(29(27-15)19-7-5-18(24)6-8-19)28-11-9-17(10-12-28)22(31)25-14-20-4-3-13-32-20/h3-8,13,17H,9-12,14H2,1-2H3,(H,25,31)(H,26,30). The molecule has 0 radical (unpaired) electrons. The quantitative estimate of drug-likeness (QED) is 0.559. The summed E-state index contributed by atoms with van der Waals surface area (Å²) in [6.45, 7) is 5.34. The van der Waals surface area contributed by atoms with E-state index in [1.165, 1.54) is 6.92 Å². The van der Waals surface area contributed by atoms with E-state index in [4.69, 9.17) is 11.6 Å². The molecule has 2 N–H and O–H groups in total. The molecule has 1 fully saturated rings. The molecule has 2 amide bonds. The molecule has 4 rings (SSSR count). The summed E-state index contributed by atoms with van der Waals surface area (Å²) in [6.07, 6.45) is 1.47. The number of nitrogens with zero attached hydrogens (tertiary/aromatic N) is 3. The molecule has 9 heteroatoms. The Hall–Kier alpha value is -2.84. The normalized spacial score (nSPS) is 14.4. The minimum absolute atomic E-state index is 0.0246. The van der Waals surface area contributed by atoms with Gasteiger partial charge in [0, 0.05) is 35.8 Å². The van der Waals surface area contributed by atoms with Crippen molar-refractivity contribution >= 4 is 46.3 Å². The smallest absolute Gasteiger partial charge is 0.223 e. The van der Waals surface area contributed by atoms with Crippen LogP contribution in [0.5, 0.6) is 0 Å². The van der Waals surface area contributed by atoms with Gasteiger partial charge in [-0.1, -0.05) is 17.7 Å². The minimum atomic E-state index is -0.146. The molecule has 0 unspecified atom stereocenters. The number of benzene rings is 1. The van der Waals surface area contributed by atoms with Crippen molar-refractivity contribution in [3.8, 4) is 5.69 Å². The molecule has 1 aliphatic rings. The van der Waals surface area contributed by atoms with Crippen LogP contribution in [0.3, 0.4) is 0 Å². The summed E-state index contributed by atoms with van der Waals surface area (Å²) in [4.78, 5) is 27.9. The molecule has 0 aliphatic carbocycles. The van der Waals surface area contributed by atoms with Crippen LogP contribution in [0.1, 0.15) is 30.3 Å². The zero-order chi connectivity index (χ0) is 22.7. The third-order valence-electron chi connectivity index (χ3n) is 5.59. The van der Waals surface area contributed by atoms with Crippen LogP contribution in [0.4, 0.5) is 11.5 Å². The van der Waals surface area contributed by atoms with Crippen molar-refractivity contribution in [1.82, 2.24) is 15.1 Å². The fourth-order valence-electron chi connectivity index (χ4n) is 3.98. The Bertz CT molecular complexity index is 1090. The number of carbonyl (C=O) groups is 2. The number of thiophene rings is 1. The molecule has 1 saturated heterocycles. The highest BCUT2D eigenvalue weighted by Gasteiger charge is 2.29. The van der Waals surface area contributed by atoms with Crippen molar-refractivity contribution in [2.75, 3.05) is 23.3 Å². The van der Waals surface area contributed by atoms with Gasteiger partial charge < -0.3 is 15.5 Å². The van der Waals surface area contributed by atoms with Gasteiger partial charge in [0.1, 0.15) is 5.69 Å². The fourth-order valence-corrected chi connectivity index (χ4v) is 4.75. The third kappa shape index (κ3) is 4.97. The topological polar surface area (TPSA) is 79.3 Å². The first-order valence-electron chi connectivity index (χ1n) is 10.6. The lowest BCUT2D eigenvalue weighted by atomic mass is 9.96. The van der Waals surface area contributed by atoms with E-state index in [1.54, 1.807) is 11.3 Å². The number of anilines is 2. The molecule has 32 heavy (non-hydrogen) atoms. The van der Waals surface area contributed by atoms with Gasteiger partial charge in [-0.2, -0.15) is 5.10 Å². The predicted molar refractivity (Wildman–Crippen MR) is 129 cm³/mol. The van der Waals surface area contributed by atoms with Crippen LogP contribution in [0, 0.1) is 12.8 Å². The Kier molecular flexibility index (Phi) is 6.81. The average Bonchev–Trinajstić information content (AvgIpc) is 3.41. The molecule has 1 aliphatic heterocycles. The van der Waals surface area contributed by atoms with Gasteiger partial charge in [-0.05, 0) is 55.5 Å². The van der Waals surface area contributed by atoms with Crippen LogP contribution in [0.25, 0.3) is 5.69 Å². The molecule has 168 valence electrons. The number of hydrogen-bond donors (Lipinski definition) is 2. The summed E-state index contributed by atoms with van der Waals surface area (Å²) in [5, 5.41) is 13.4. The number of rotatable bonds is 6. The van der Waals surface area contributed by atoms with E-state index >= 15 is 0 Å². The maximum Gasteiger partial charge on any atom is 0.223 e. The minimum Gasteiger partial charge on any atom is -0.355 e. The Morgan fingerprint density at radius 1 is 1.19 bits per heavy atom. The SMILES string of the molecule is CC(=O)Nc1c(C)nn(-c2ccc(Cl)cc2)c1N1CCC(C(=O)NCc2cccs2)CC1. The van der Waals surface area contributed by atoms with E-state index < -0.39 is 0 Å². The molecule has 3 aromatic rings. The van der Waals surface area contributed by atoms with Crippen molar-refractivity contribution in [2.24, 2.45) is 5.92 Å². The Balaban J connectivity index is 1.52. The zero-order valence-corrected chi connectivity index (χ0v) is 19.7. The Morgan fingerprint density at radius 3 is 2.53 bits per heavy atom. The summed E-state index contributed by atoms with van der Waals surface area (Å²) >= 11 is 7.71. The number of halogens is 1. The third-order valence-corrected chi connectivity index (χ3v) is 6.72. The Labute approximate surface area is 196 Å². The van der Waals surface area contributed by atoms with Crippen LogP contribution in [0.2, 0.25) is 5.02 Å². The van der Waals surface area contributed by atoms with Crippen molar-refractivity contribution in [3.05, 3.63) is 57.4 Å². The van der Waals surface area contributed by atoms with E-state index in [2.05, 4.69) is 20.6 Å². The van der Waals surface area contributed by atoms with Gasteiger partial charge in [-0.25, -0.2) is 4.68 Å². The lowest BCUT2D eigenvalue weighted by Crippen LogP contribution is -2.41. The molecular weight excluding hydrogens is 446 g/mol. The van der Waals surface area contributed by atoms with Gasteiger partial charge >= 0.3 is 0 Å². The van der Waals surface area contributed by atoms with Gasteiger partial charge in [0.15, 0.2) is 5.82 Å². The van der Waals surface area contributed by atoms with Crippen molar-refractivity contribution in [2.45, 2.75) is 33.2 Å². The molecule has 2 aromatic heterocycles. The molecule has 3 heterocycles. The van der Waals surface area contributed by atoms with E-state index in [0.29, 0.717) is 30.3 Å². The van der Waals surface area contributed by atoms with Gasteiger partial charge in [-0.3, -0.25) is 9.59 Å². The van der Waals surface area contributed by atoms with Crippen molar-refractivity contribution < 1.29 is 9.59 Å². The highest BCUT2D eigenvalue weighted by Crippen LogP contribution is 2.35. The molecule has 0 atom stereocenters. The highest BCUT2D eigenvalue weighted by atomic mass is 35.5. The summed E-state index contributed by atoms with van der Waals surface area (Å²) in [6, 6.07) is 11.5. The number of carbonyl (C=O) groups excluding carboxylic acids is 2. The average molecular weight is 472 g/mol. The first-order chi connectivity index (χ1) is 15.4. The monoisotopic (exact) mass is 471 g/mol. The second-order valence-electron chi connectivity index (χ2n) is 7.91. The van der Waals surface area contributed by atoms with Crippen LogP contribution in [0.15, 0.2) is 41.8 Å². The van der Waals surface area contributed by atoms with Gasteiger partial charge in [0.05, 0.1) is 17.9 Å². The van der Waals surface area contributed by atoms with Crippen LogP contribution in [-0.2, 0) is 16.1 Å². The number of aryl methyl sites for hydroxylation is 1. The lowest BCUT2D eigenvalue weighted by molar-refractivity contribution is -0.125. The van der Waals surface area contributed by atoms with E-state index in [1.807, 2.05) is 53.4 Å². The van der Waals surface area contributed by atoms with Gasteiger partial charge in [-0.15, -0.1) is 11.3 Å². The number of hydrogen-bond acceptors (Lipinski definition) is 5. The van der Waals surface area contributed by atoms with Gasteiger partial charge in [0.25, 0.3) is 0 Å². The molecule has 0 saturated carbocycles. The molecular formula is C23H26ClN5O2S. The maximum atomic E-state index is 12.7. The summed E-state index contributed by atoms with van der Waals surface area (Å²) < 4.78 is 1.84. The summed E-state index contributed by atoms with van der Waals surface area (Å²) in [7, 11) is 0. The highest BCUT2D eigenvalue weighted by molar-refractivity contribution is 7.09. The molecule has 0 bridgehead atoms. The Morgan fingerprint density at radius 2 is 1.91 bits per heavy atom. The number of amides is 2. The first kappa shape index (κ1) is 22.4. The molecule has 0 spiro atoms. The van der Waals surface area contributed by atoms with E-state index in [9.17, 15) is 9.59 Å². The van der Waals surface area contributed by atoms with Gasteiger partial charge in [0.2, 0.25) is 11.8 Å². The van der Waals surface area contributed by atoms with Crippen molar-refractivity contribution in [1.29, 1.82) is 0 Å². The lowest BCUT2D eigenvalue weighted by Gasteiger charge is -2.33. The summed E-state index contributed by atoms with van der Waals surface area (Å²) in [5.74, 6) is 0.760. The van der Waals surface area contributed by atoms with Crippen LogP contribution in [-0.4, -0.2) is 34.7 Å². The predicted octanol–water partition coefficient (Wildman–Crippen LogP) is 4.39. The van der Waals surface area contributed by atoms with Crippen LogP contribution >= 0.6 is 22.9 Å². The van der Waals surface area contributed by atoms with Crippen LogP contribution < -0.4 is 15.5 Å². The zero-order valence-electron chi connectivity index (χ0n) is 18.1. The fraction of sp³-hybridized carbons (Fsp3) is 0.348. The number of nitrogens with one attached hydrogen (secondary N) is 2. The largest absolute Gasteiger partial charge is 0.355 e. The summed E-state index contributed by atoms with van der Waals surface area (Å²) in [5.41, 5.74) is 2.30. The van der Waals surface area contributed by atoms with E-state index in [-0.39, 0.29) is 17.7 Å². The molecule has 7 nitrogen and oxygen atoms in total. The second-order valence-corrected chi connectivity index (χ2v) is 9.38. The maximum absolute atomic E-state index is 12.7. The van der Waals surface area contributed by atoms with E-state index in [0.717, 1.165) is 34.9 Å². The first-order valence-corrected chi connectivity index (χ1v) is 11.9.